The number of hydrogen-bond donors (Lipinski definition) is 2. The molecule has 0 radical (unpaired) electrons. The Labute approximate surface area is 115 Å². The van der Waals surface area contributed by atoms with Crippen molar-refractivity contribution < 1.29 is 9.90 Å². The van der Waals surface area contributed by atoms with E-state index in [9.17, 15) is 9.90 Å². The first-order chi connectivity index (χ1) is 8.58. The van der Waals surface area contributed by atoms with Crippen molar-refractivity contribution in [3.05, 3.63) is 28.7 Å². The molecule has 0 unspecified atom stereocenters. The number of nitrogens with zero attached hydrogens (tertiary/aromatic N) is 1. The number of aliphatic hydroxyl groups excluding tert-OH is 1. The lowest BCUT2D eigenvalue weighted by atomic mass is 10.2. The Kier molecular flexibility index (Phi) is 4.24. The van der Waals surface area contributed by atoms with Crippen LogP contribution < -0.4 is 10.2 Å². The smallest absolute Gasteiger partial charge is 0.248 e. The molecule has 0 aromatic heterocycles. The van der Waals surface area contributed by atoms with Crippen molar-refractivity contribution >= 4 is 27.5 Å². The summed E-state index contributed by atoms with van der Waals surface area (Å²) < 4.78 is 1.06. The molecule has 4 nitrogen and oxygen atoms in total. The quantitative estimate of drug-likeness (QED) is 0.890. The van der Waals surface area contributed by atoms with Gasteiger partial charge in [-0.3, -0.25) is 4.79 Å². The van der Waals surface area contributed by atoms with Gasteiger partial charge < -0.3 is 15.3 Å². The molecule has 2 atom stereocenters. The molecule has 1 heterocycles. The average Bonchev–Trinajstić information content (AvgIpc) is 2.77. The van der Waals surface area contributed by atoms with Gasteiger partial charge in [0.2, 0.25) is 5.91 Å². The van der Waals surface area contributed by atoms with Gasteiger partial charge in [0.25, 0.3) is 0 Å². The van der Waals surface area contributed by atoms with Gasteiger partial charge in [-0.05, 0) is 41.4 Å². The fourth-order valence-electron chi connectivity index (χ4n) is 2.13. The van der Waals surface area contributed by atoms with E-state index in [1.165, 1.54) is 6.92 Å². The van der Waals surface area contributed by atoms with Gasteiger partial charge in [-0.2, -0.15) is 0 Å². The number of nitrogens with one attached hydrogen (secondary N) is 1. The van der Waals surface area contributed by atoms with Crippen LogP contribution in [0, 0.1) is 0 Å². The fourth-order valence-corrected chi connectivity index (χ4v) is 2.66. The summed E-state index contributed by atoms with van der Waals surface area (Å²) in [5.74, 6) is -0.297. The van der Waals surface area contributed by atoms with E-state index in [4.69, 9.17) is 0 Å². The molecule has 0 saturated carbocycles. The first kappa shape index (κ1) is 13.4. The van der Waals surface area contributed by atoms with Gasteiger partial charge in [0.1, 0.15) is 6.10 Å². The molecule has 5 heteroatoms. The molecule has 1 amide bonds. The first-order valence-electron chi connectivity index (χ1n) is 6.06. The molecule has 1 fully saturated rings. The third-order valence-electron chi connectivity index (χ3n) is 3.11. The number of halogens is 1. The molecule has 0 bridgehead atoms. The molecule has 2 N–H and O–H groups in total. The van der Waals surface area contributed by atoms with Crippen molar-refractivity contribution in [2.75, 3.05) is 18.0 Å². The highest BCUT2D eigenvalue weighted by atomic mass is 79.9. The van der Waals surface area contributed by atoms with Crippen LogP contribution in [0.2, 0.25) is 0 Å². The van der Waals surface area contributed by atoms with Crippen LogP contribution in [-0.4, -0.2) is 36.2 Å². The monoisotopic (exact) mass is 312 g/mol. The zero-order chi connectivity index (χ0) is 13.1. The Morgan fingerprint density at radius 3 is 2.94 bits per heavy atom. The fraction of sp³-hybridized carbons (Fsp3) is 0.462. The SMILES string of the molecule is C[C@@H](O)C(=O)N[C@H]1CCN(c2ccccc2Br)C1. The Hall–Kier alpha value is -1.07. The lowest BCUT2D eigenvalue weighted by Gasteiger charge is -2.20. The molecule has 1 aromatic carbocycles. The molecule has 0 spiro atoms. The Morgan fingerprint density at radius 2 is 2.28 bits per heavy atom. The molecule has 0 aliphatic carbocycles. The predicted octanol–water partition coefficient (Wildman–Crippen LogP) is 1.52. The minimum absolute atomic E-state index is 0.110. The molecule has 18 heavy (non-hydrogen) atoms. The Bertz CT molecular complexity index is 437. The van der Waals surface area contributed by atoms with Gasteiger partial charge in [0.05, 0.1) is 5.69 Å². The van der Waals surface area contributed by atoms with Crippen molar-refractivity contribution in [2.24, 2.45) is 0 Å². The van der Waals surface area contributed by atoms with Gasteiger partial charge in [-0.1, -0.05) is 12.1 Å². The van der Waals surface area contributed by atoms with Crippen LogP contribution in [0.1, 0.15) is 13.3 Å². The minimum Gasteiger partial charge on any atom is -0.384 e. The lowest BCUT2D eigenvalue weighted by Crippen LogP contribution is -2.41. The van der Waals surface area contributed by atoms with Gasteiger partial charge in [-0.15, -0.1) is 0 Å². The van der Waals surface area contributed by atoms with Crippen LogP contribution in [0.4, 0.5) is 5.69 Å². The van der Waals surface area contributed by atoms with Crippen LogP contribution in [0.25, 0.3) is 0 Å². The highest BCUT2D eigenvalue weighted by Crippen LogP contribution is 2.28. The largest absolute Gasteiger partial charge is 0.384 e. The summed E-state index contributed by atoms with van der Waals surface area (Å²) in [5, 5.41) is 12.0. The summed E-state index contributed by atoms with van der Waals surface area (Å²) in [7, 11) is 0. The third kappa shape index (κ3) is 3.03. The van der Waals surface area contributed by atoms with Crippen LogP contribution in [-0.2, 0) is 4.79 Å². The number of hydrogen-bond acceptors (Lipinski definition) is 3. The molecule has 2 rings (SSSR count). The first-order valence-corrected chi connectivity index (χ1v) is 6.85. The second-order valence-corrected chi connectivity index (χ2v) is 5.42. The van der Waals surface area contributed by atoms with Gasteiger partial charge >= 0.3 is 0 Å². The van der Waals surface area contributed by atoms with Crippen LogP contribution >= 0.6 is 15.9 Å². The van der Waals surface area contributed by atoms with E-state index in [-0.39, 0.29) is 11.9 Å². The second kappa shape index (κ2) is 5.71. The normalized spacial score (nSPS) is 20.8. The van der Waals surface area contributed by atoms with E-state index in [1.54, 1.807) is 0 Å². The van der Waals surface area contributed by atoms with Crippen LogP contribution in [0.15, 0.2) is 28.7 Å². The standard InChI is InChI=1S/C13H17BrN2O2/c1-9(17)13(18)15-10-6-7-16(8-10)12-5-3-2-4-11(12)14/h2-5,9-10,17H,6-8H2,1H3,(H,15,18)/t9-,10+/m1/s1. The predicted molar refractivity (Wildman–Crippen MR) is 74.6 cm³/mol. The number of carbonyl (C=O) groups is 1. The van der Waals surface area contributed by atoms with Crippen LogP contribution in [0.5, 0.6) is 0 Å². The number of benzene rings is 1. The molecular weight excluding hydrogens is 296 g/mol. The van der Waals surface area contributed by atoms with Crippen molar-refractivity contribution in [3.63, 3.8) is 0 Å². The second-order valence-electron chi connectivity index (χ2n) is 4.57. The molecule has 1 aliphatic heterocycles. The van der Waals surface area contributed by atoms with Crippen molar-refractivity contribution in [2.45, 2.75) is 25.5 Å². The Morgan fingerprint density at radius 1 is 1.56 bits per heavy atom. The maximum Gasteiger partial charge on any atom is 0.248 e. The van der Waals surface area contributed by atoms with Crippen molar-refractivity contribution in [3.8, 4) is 0 Å². The van der Waals surface area contributed by atoms with Gasteiger partial charge in [0.15, 0.2) is 0 Å². The van der Waals surface area contributed by atoms with Gasteiger partial charge in [-0.25, -0.2) is 0 Å². The zero-order valence-corrected chi connectivity index (χ0v) is 11.9. The number of amides is 1. The van der Waals surface area contributed by atoms with E-state index in [2.05, 4.69) is 32.2 Å². The minimum atomic E-state index is -0.942. The summed E-state index contributed by atoms with van der Waals surface area (Å²) in [5.41, 5.74) is 1.14. The zero-order valence-electron chi connectivity index (χ0n) is 10.3. The molecule has 98 valence electrons. The Balaban J connectivity index is 1.97. The van der Waals surface area contributed by atoms with Gasteiger partial charge in [0, 0.05) is 23.6 Å². The van der Waals surface area contributed by atoms with E-state index >= 15 is 0 Å². The van der Waals surface area contributed by atoms with E-state index < -0.39 is 6.10 Å². The third-order valence-corrected chi connectivity index (χ3v) is 3.78. The van der Waals surface area contributed by atoms with Crippen LogP contribution in [0.3, 0.4) is 0 Å². The van der Waals surface area contributed by atoms with E-state index in [0.717, 1.165) is 29.7 Å². The summed E-state index contributed by atoms with van der Waals surface area (Å²) >= 11 is 3.53. The lowest BCUT2D eigenvalue weighted by molar-refractivity contribution is -0.129. The average molecular weight is 313 g/mol. The summed E-state index contributed by atoms with van der Waals surface area (Å²) in [4.78, 5) is 13.7. The highest BCUT2D eigenvalue weighted by molar-refractivity contribution is 9.10. The van der Waals surface area contributed by atoms with E-state index in [0.29, 0.717) is 0 Å². The van der Waals surface area contributed by atoms with E-state index in [1.807, 2.05) is 18.2 Å². The summed E-state index contributed by atoms with van der Waals surface area (Å²) in [6.07, 6.45) is -0.0395. The molecule has 1 saturated heterocycles. The molecule has 1 aromatic rings. The molecular formula is C13H17BrN2O2. The number of anilines is 1. The number of aliphatic hydroxyl groups is 1. The number of carbonyl (C=O) groups excluding carboxylic acids is 1. The maximum absolute atomic E-state index is 11.4. The van der Waals surface area contributed by atoms with Crippen molar-refractivity contribution in [1.29, 1.82) is 0 Å². The number of rotatable bonds is 3. The van der Waals surface area contributed by atoms with Crippen molar-refractivity contribution in [1.82, 2.24) is 5.32 Å². The summed E-state index contributed by atoms with van der Waals surface area (Å²) in [6, 6.07) is 8.16. The maximum atomic E-state index is 11.4. The molecule has 1 aliphatic rings. The highest BCUT2D eigenvalue weighted by Gasteiger charge is 2.25. The summed E-state index contributed by atoms with van der Waals surface area (Å²) in [6.45, 7) is 3.17. The topological polar surface area (TPSA) is 52.6 Å². The number of para-hydroxylation sites is 1.